The normalized spacial score (nSPS) is 16.4. The maximum Gasteiger partial charge on any atom is 0.256 e. The maximum absolute atomic E-state index is 13.6. The topological polar surface area (TPSA) is 29.5 Å². The molecule has 20 heavy (non-hydrogen) atoms. The van der Waals surface area contributed by atoms with Gasteiger partial charge in [-0.3, -0.25) is 4.79 Å². The molecule has 1 heterocycles. The summed E-state index contributed by atoms with van der Waals surface area (Å²) in [6.07, 6.45) is 1.44. The predicted molar refractivity (Wildman–Crippen MR) is 72.0 cm³/mol. The van der Waals surface area contributed by atoms with Crippen molar-refractivity contribution in [2.24, 2.45) is 0 Å². The van der Waals surface area contributed by atoms with E-state index in [1.807, 2.05) is 0 Å². The molecule has 0 unspecified atom stereocenters. The van der Waals surface area contributed by atoms with Crippen molar-refractivity contribution in [2.45, 2.75) is 18.9 Å². The highest BCUT2D eigenvalue weighted by atomic mass is 35.5. The zero-order valence-corrected chi connectivity index (χ0v) is 11.7. The fourth-order valence-electron chi connectivity index (χ4n) is 2.28. The van der Waals surface area contributed by atoms with Gasteiger partial charge in [-0.25, -0.2) is 8.78 Å². The summed E-state index contributed by atoms with van der Waals surface area (Å²) >= 11 is 5.55. The highest BCUT2D eigenvalue weighted by Crippen LogP contribution is 2.19. The highest BCUT2D eigenvalue weighted by Gasteiger charge is 2.26. The zero-order chi connectivity index (χ0) is 14.5. The molecule has 0 bridgehead atoms. The number of hydrogen-bond acceptors (Lipinski definition) is 2. The lowest BCUT2D eigenvalue weighted by Gasteiger charge is -2.32. The SMILES string of the molecule is O=C(c1cccc(F)c1F)N1CCC(OCCCl)CC1. The number of benzene rings is 1. The lowest BCUT2D eigenvalue weighted by Crippen LogP contribution is -2.41. The average Bonchev–Trinajstić information content (AvgIpc) is 2.48. The minimum Gasteiger partial charge on any atom is -0.377 e. The van der Waals surface area contributed by atoms with Crippen LogP contribution in [0.5, 0.6) is 0 Å². The third kappa shape index (κ3) is 3.46. The van der Waals surface area contributed by atoms with Gasteiger partial charge in [-0.05, 0) is 25.0 Å². The number of carbonyl (C=O) groups is 1. The summed E-state index contributed by atoms with van der Waals surface area (Å²) in [4.78, 5) is 13.7. The van der Waals surface area contributed by atoms with E-state index < -0.39 is 17.5 Å². The second kappa shape index (κ2) is 6.99. The van der Waals surface area contributed by atoms with Gasteiger partial charge in [-0.2, -0.15) is 0 Å². The minimum absolute atomic E-state index is 0.0788. The Balaban J connectivity index is 1.96. The van der Waals surface area contributed by atoms with Gasteiger partial charge in [0.1, 0.15) is 0 Å². The predicted octanol–water partition coefficient (Wildman–Crippen LogP) is 2.82. The lowest BCUT2D eigenvalue weighted by molar-refractivity contribution is 0.0152. The summed E-state index contributed by atoms with van der Waals surface area (Å²) < 4.78 is 32.2. The van der Waals surface area contributed by atoms with Crippen LogP contribution in [0.2, 0.25) is 0 Å². The Kier molecular flexibility index (Phi) is 5.31. The fraction of sp³-hybridized carbons (Fsp3) is 0.500. The molecule has 0 N–H and O–H groups in total. The Morgan fingerprint density at radius 1 is 1.35 bits per heavy atom. The summed E-state index contributed by atoms with van der Waals surface area (Å²) in [5, 5.41) is 0. The average molecular weight is 304 g/mol. The Labute approximate surface area is 121 Å². The molecular formula is C14H16ClF2NO2. The van der Waals surface area contributed by atoms with E-state index in [4.69, 9.17) is 16.3 Å². The molecule has 110 valence electrons. The molecule has 0 radical (unpaired) electrons. The summed E-state index contributed by atoms with van der Waals surface area (Å²) in [6.45, 7) is 1.43. The third-order valence-corrected chi connectivity index (χ3v) is 3.50. The van der Waals surface area contributed by atoms with Crippen LogP contribution in [0.4, 0.5) is 8.78 Å². The Bertz CT molecular complexity index is 476. The fourth-order valence-corrected chi connectivity index (χ4v) is 2.37. The molecule has 0 aliphatic carbocycles. The number of piperidine rings is 1. The van der Waals surface area contributed by atoms with E-state index in [1.165, 1.54) is 17.0 Å². The molecule has 1 fully saturated rings. The molecule has 6 heteroatoms. The smallest absolute Gasteiger partial charge is 0.256 e. The van der Waals surface area contributed by atoms with Crippen molar-refractivity contribution in [3.8, 4) is 0 Å². The molecule has 0 atom stereocenters. The van der Waals surface area contributed by atoms with Gasteiger partial charge < -0.3 is 9.64 Å². The number of alkyl halides is 1. The number of rotatable bonds is 4. The third-order valence-electron chi connectivity index (χ3n) is 3.34. The first kappa shape index (κ1) is 15.2. The van der Waals surface area contributed by atoms with Gasteiger partial charge in [-0.15, -0.1) is 11.6 Å². The molecule has 1 aliphatic rings. The molecule has 1 aromatic carbocycles. The summed E-state index contributed by atoms with van der Waals surface area (Å²) in [5.74, 6) is -2.12. The van der Waals surface area contributed by atoms with Crippen molar-refractivity contribution in [3.63, 3.8) is 0 Å². The summed E-state index contributed by atoms with van der Waals surface area (Å²) in [7, 11) is 0. The van der Waals surface area contributed by atoms with Gasteiger partial charge in [-0.1, -0.05) is 6.07 Å². The first-order valence-electron chi connectivity index (χ1n) is 6.54. The molecule has 1 aromatic rings. The van der Waals surface area contributed by atoms with Crippen LogP contribution >= 0.6 is 11.6 Å². The van der Waals surface area contributed by atoms with Crippen LogP contribution in [0, 0.1) is 11.6 Å². The highest BCUT2D eigenvalue weighted by molar-refractivity contribution is 6.17. The summed E-state index contributed by atoms with van der Waals surface area (Å²) in [5.41, 5.74) is -0.217. The van der Waals surface area contributed by atoms with Gasteiger partial charge >= 0.3 is 0 Å². The first-order chi connectivity index (χ1) is 9.63. The molecule has 2 rings (SSSR count). The van der Waals surface area contributed by atoms with Gasteiger partial charge in [0.25, 0.3) is 5.91 Å². The molecule has 1 saturated heterocycles. The van der Waals surface area contributed by atoms with E-state index in [1.54, 1.807) is 0 Å². The van der Waals surface area contributed by atoms with Crippen LogP contribution < -0.4 is 0 Å². The van der Waals surface area contributed by atoms with Crippen LogP contribution in [0.15, 0.2) is 18.2 Å². The van der Waals surface area contributed by atoms with E-state index in [9.17, 15) is 13.6 Å². The standard InChI is InChI=1S/C14H16ClF2NO2/c15-6-9-20-10-4-7-18(8-5-10)14(19)11-2-1-3-12(16)13(11)17/h1-3,10H,4-9H2. The van der Waals surface area contributed by atoms with Gasteiger partial charge in [0.05, 0.1) is 18.3 Å². The van der Waals surface area contributed by atoms with Crippen LogP contribution in [0.3, 0.4) is 0 Å². The number of hydrogen-bond donors (Lipinski definition) is 0. The monoisotopic (exact) mass is 303 g/mol. The van der Waals surface area contributed by atoms with Crippen LogP contribution in [-0.2, 0) is 4.74 Å². The van der Waals surface area contributed by atoms with Crippen molar-refractivity contribution in [1.82, 2.24) is 4.90 Å². The summed E-state index contributed by atoms with van der Waals surface area (Å²) in [6, 6.07) is 3.64. The largest absolute Gasteiger partial charge is 0.377 e. The first-order valence-corrected chi connectivity index (χ1v) is 7.07. The number of carbonyl (C=O) groups excluding carboxylic acids is 1. The molecule has 0 spiro atoms. The quantitative estimate of drug-likeness (QED) is 0.801. The molecule has 1 amide bonds. The molecular weight excluding hydrogens is 288 g/mol. The molecule has 0 aromatic heterocycles. The van der Waals surface area contributed by atoms with E-state index >= 15 is 0 Å². The van der Waals surface area contributed by atoms with Gasteiger partial charge in [0, 0.05) is 19.0 Å². The van der Waals surface area contributed by atoms with Crippen LogP contribution in [0.25, 0.3) is 0 Å². The number of nitrogens with zero attached hydrogens (tertiary/aromatic N) is 1. The van der Waals surface area contributed by atoms with Gasteiger partial charge in [0.15, 0.2) is 11.6 Å². The van der Waals surface area contributed by atoms with Crippen LogP contribution in [-0.4, -0.2) is 42.5 Å². The molecule has 3 nitrogen and oxygen atoms in total. The number of amides is 1. The molecule has 0 saturated carbocycles. The number of likely N-dealkylation sites (tertiary alicyclic amines) is 1. The number of halogens is 3. The van der Waals surface area contributed by atoms with Crippen molar-refractivity contribution >= 4 is 17.5 Å². The van der Waals surface area contributed by atoms with E-state index in [2.05, 4.69) is 0 Å². The van der Waals surface area contributed by atoms with Gasteiger partial charge in [0.2, 0.25) is 0 Å². The zero-order valence-electron chi connectivity index (χ0n) is 10.9. The Morgan fingerprint density at radius 3 is 2.70 bits per heavy atom. The second-order valence-electron chi connectivity index (χ2n) is 4.65. The molecule has 1 aliphatic heterocycles. The van der Waals surface area contributed by atoms with E-state index in [0.717, 1.165) is 6.07 Å². The van der Waals surface area contributed by atoms with E-state index in [0.29, 0.717) is 38.4 Å². The van der Waals surface area contributed by atoms with Crippen molar-refractivity contribution in [3.05, 3.63) is 35.4 Å². The number of ether oxygens (including phenoxy) is 1. The van der Waals surface area contributed by atoms with Crippen molar-refractivity contribution in [1.29, 1.82) is 0 Å². The minimum atomic E-state index is -1.09. The Hall–Kier alpha value is -1.20. The van der Waals surface area contributed by atoms with Crippen LogP contribution in [0.1, 0.15) is 23.2 Å². The lowest BCUT2D eigenvalue weighted by atomic mass is 10.1. The van der Waals surface area contributed by atoms with Crippen molar-refractivity contribution < 1.29 is 18.3 Å². The van der Waals surface area contributed by atoms with E-state index in [-0.39, 0.29) is 11.7 Å². The Morgan fingerprint density at radius 2 is 2.05 bits per heavy atom. The second-order valence-corrected chi connectivity index (χ2v) is 5.03. The van der Waals surface area contributed by atoms with Crippen molar-refractivity contribution in [2.75, 3.05) is 25.6 Å². The maximum atomic E-state index is 13.6.